The Bertz CT molecular complexity index is 927. The summed E-state index contributed by atoms with van der Waals surface area (Å²) in [6.07, 6.45) is 7.29. The first-order chi connectivity index (χ1) is 14.8. The summed E-state index contributed by atoms with van der Waals surface area (Å²) in [4.78, 5) is 23.3. The van der Waals surface area contributed by atoms with Crippen LogP contribution in [0.4, 0.5) is 5.69 Å². The van der Waals surface area contributed by atoms with Crippen LogP contribution in [-0.2, 0) is 9.53 Å². The zero-order chi connectivity index (χ0) is 20.3. The van der Waals surface area contributed by atoms with E-state index in [4.69, 9.17) is 9.73 Å². The molecule has 0 aliphatic carbocycles. The Balaban J connectivity index is 1.36. The number of hydrogen-bond acceptors (Lipinski definition) is 7. The summed E-state index contributed by atoms with van der Waals surface area (Å²) in [7, 11) is 0. The summed E-state index contributed by atoms with van der Waals surface area (Å²) in [5, 5.41) is 10.1. The van der Waals surface area contributed by atoms with Crippen LogP contribution in [0.25, 0.3) is 5.70 Å². The molecule has 4 aliphatic heterocycles. The van der Waals surface area contributed by atoms with Gasteiger partial charge in [-0.15, -0.1) is 0 Å². The number of anilines is 1. The topological polar surface area (TPSA) is 90.4 Å². The van der Waals surface area contributed by atoms with E-state index in [1.165, 1.54) is 0 Å². The van der Waals surface area contributed by atoms with Crippen LogP contribution in [0.2, 0.25) is 0 Å². The third-order valence-electron chi connectivity index (χ3n) is 5.72. The Kier molecular flexibility index (Phi) is 5.33. The van der Waals surface area contributed by atoms with E-state index in [0.29, 0.717) is 13.0 Å². The van der Waals surface area contributed by atoms with Gasteiger partial charge in [-0.3, -0.25) is 9.79 Å². The minimum atomic E-state index is -0.0863. The van der Waals surface area contributed by atoms with Crippen molar-refractivity contribution in [2.24, 2.45) is 9.98 Å². The van der Waals surface area contributed by atoms with Crippen molar-refractivity contribution in [3.05, 3.63) is 48.3 Å². The van der Waals surface area contributed by atoms with Crippen LogP contribution >= 0.6 is 0 Å². The molecule has 0 bridgehead atoms. The lowest BCUT2D eigenvalue weighted by Crippen LogP contribution is -2.53. The number of fused-ring (bicyclic) bond motifs is 1. The number of morpholine rings is 1. The van der Waals surface area contributed by atoms with Crippen LogP contribution in [0, 0.1) is 0 Å². The minimum absolute atomic E-state index is 0.0863. The second-order valence-corrected chi connectivity index (χ2v) is 7.77. The number of nitrogens with one attached hydrogen (secondary N) is 3. The lowest BCUT2D eigenvalue weighted by molar-refractivity contribution is -0.117. The van der Waals surface area contributed by atoms with E-state index in [0.717, 1.165) is 61.2 Å². The quantitative estimate of drug-likeness (QED) is 0.695. The zero-order valence-electron chi connectivity index (χ0n) is 16.8. The summed E-state index contributed by atoms with van der Waals surface area (Å²) in [6.45, 7) is 3.94. The van der Waals surface area contributed by atoms with E-state index in [9.17, 15) is 4.79 Å². The molecular weight excluding hydrogens is 380 g/mol. The highest BCUT2D eigenvalue weighted by Gasteiger charge is 2.28. The number of nitrogens with zero attached hydrogens (tertiary/aromatic N) is 3. The molecule has 1 amide bonds. The van der Waals surface area contributed by atoms with Gasteiger partial charge in [-0.1, -0.05) is 12.1 Å². The largest absolute Gasteiger partial charge is 0.375 e. The summed E-state index contributed by atoms with van der Waals surface area (Å²) in [6, 6.07) is 7.95. The standard InChI is InChI=1S/C22H26N6O2/c29-20-2-1-10-28(20)16-5-3-15(4-6-16)18-12-19-21(25-8-7-24-19)22(27-18)26-14-17-13-23-9-11-30-17/h3-8,12,17,21,23,25H,1-2,9-11,13-14H2,(H,26,27)/t17-,21?/m0/s1. The first kappa shape index (κ1) is 19.0. The van der Waals surface area contributed by atoms with E-state index in [-0.39, 0.29) is 18.1 Å². The number of amides is 1. The predicted molar refractivity (Wildman–Crippen MR) is 118 cm³/mol. The number of carbonyl (C=O) groups is 1. The van der Waals surface area contributed by atoms with Crippen LogP contribution < -0.4 is 20.9 Å². The molecule has 4 aliphatic rings. The van der Waals surface area contributed by atoms with Crippen molar-refractivity contribution >= 4 is 28.8 Å². The molecule has 8 nitrogen and oxygen atoms in total. The normalized spacial score (nSPS) is 25.8. The second-order valence-electron chi connectivity index (χ2n) is 7.77. The number of amidine groups is 1. The van der Waals surface area contributed by atoms with Crippen LogP contribution in [0.3, 0.4) is 0 Å². The van der Waals surface area contributed by atoms with E-state index < -0.39 is 0 Å². The van der Waals surface area contributed by atoms with Gasteiger partial charge < -0.3 is 25.6 Å². The number of aliphatic imine (C=N–C) groups is 2. The smallest absolute Gasteiger partial charge is 0.227 e. The van der Waals surface area contributed by atoms with E-state index in [1.54, 1.807) is 6.20 Å². The number of carbonyl (C=O) groups excluding carboxylic acids is 1. The molecule has 0 radical (unpaired) electrons. The highest BCUT2D eigenvalue weighted by molar-refractivity contribution is 6.21. The van der Waals surface area contributed by atoms with Gasteiger partial charge in [-0.25, -0.2) is 4.99 Å². The van der Waals surface area contributed by atoms with Crippen molar-refractivity contribution in [2.75, 3.05) is 37.7 Å². The predicted octanol–water partition coefficient (Wildman–Crippen LogP) is 1.03. The first-order valence-corrected chi connectivity index (χ1v) is 10.5. The molecule has 1 unspecified atom stereocenters. The van der Waals surface area contributed by atoms with Gasteiger partial charge in [0, 0.05) is 56.3 Å². The molecule has 1 aromatic rings. The van der Waals surface area contributed by atoms with Crippen molar-refractivity contribution in [3.63, 3.8) is 0 Å². The zero-order valence-corrected chi connectivity index (χ0v) is 16.8. The average molecular weight is 406 g/mol. The third-order valence-corrected chi connectivity index (χ3v) is 5.72. The molecule has 2 atom stereocenters. The molecule has 4 heterocycles. The summed E-state index contributed by atoms with van der Waals surface area (Å²) < 4.78 is 5.80. The van der Waals surface area contributed by atoms with Crippen molar-refractivity contribution < 1.29 is 9.53 Å². The van der Waals surface area contributed by atoms with Gasteiger partial charge in [0.1, 0.15) is 11.9 Å². The van der Waals surface area contributed by atoms with Gasteiger partial charge in [0.15, 0.2) is 0 Å². The van der Waals surface area contributed by atoms with Gasteiger partial charge in [0.25, 0.3) is 0 Å². The summed E-state index contributed by atoms with van der Waals surface area (Å²) in [5.74, 6) is 1.03. The fraction of sp³-hybridized carbons (Fsp3) is 0.409. The maximum atomic E-state index is 12.0. The monoisotopic (exact) mass is 406 g/mol. The SMILES string of the molecule is O=C1CCCN1c1ccc(C2=CC3=NC=CNC3C(NC[C@@H]3CNCCO3)=N2)cc1. The molecule has 2 saturated heterocycles. The van der Waals surface area contributed by atoms with Gasteiger partial charge in [0.05, 0.1) is 24.1 Å². The fourth-order valence-corrected chi connectivity index (χ4v) is 4.12. The van der Waals surface area contributed by atoms with Crippen LogP contribution in [-0.4, -0.2) is 62.4 Å². The van der Waals surface area contributed by atoms with Crippen molar-refractivity contribution in [1.29, 1.82) is 0 Å². The molecule has 30 heavy (non-hydrogen) atoms. The molecule has 0 spiro atoms. The maximum absolute atomic E-state index is 12.0. The van der Waals surface area contributed by atoms with Gasteiger partial charge >= 0.3 is 0 Å². The Morgan fingerprint density at radius 2 is 2.17 bits per heavy atom. The van der Waals surface area contributed by atoms with Gasteiger partial charge in [-0.05, 0) is 24.6 Å². The van der Waals surface area contributed by atoms with Crippen LogP contribution in [0.15, 0.2) is 52.7 Å². The van der Waals surface area contributed by atoms with Crippen molar-refractivity contribution in [3.8, 4) is 0 Å². The Morgan fingerprint density at radius 3 is 2.93 bits per heavy atom. The molecular formula is C22H26N6O2. The van der Waals surface area contributed by atoms with E-state index >= 15 is 0 Å². The van der Waals surface area contributed by atoms with Crippen molar-refractivity contribution in [2.45, 2.75) is 25.0 Å². The summed E-state index contributed by atoms with van der Waals surface area (Å²) in [5.41, 5.74) is 3.72. The van der Waals surface area contributed by atoms with E-state index in [1.807, 2.05) is 41.4 Å². The molecule has 1 aromatic carbocycles. The molecule has 156 valence electrons. The van der Waals surface area contributed by atoms with Crippen LogP contribution in [0.5, 0.6) is 0 Å². The first-order valence-electron chi connectivity index (χ1n) is 10.5. The summed E-state index contributed by atoms with van der Waals surface area (Å²) >= 11 is 0. The Labute approximate surface area is 175 Å². The Morgan fingerprint density at radius 1 is 1.27 bits per heavy atom. The Hall–Kier alpha value is -2.97. The maximum Gasteiger partial charge on any atom is 0.227 e. The highest BCUT2D eigenvalue weighted by Crippen LogP contribution is 2.26. The average Bonchev–Trinajstić information content (AvgIpc) is 3.24. The highest BCUT2D eigenvalue weighted by atomic mass is 16.5. The number of rotatable bonds is 4. The molecule has 8 heteroatoms. The second kappa shape index (κ2) is 8.41. The molecule has 3 N–H and O–H groups in total. The number of benzene rings is 1. The molecule has 0 saturated carbocycles. The molecule has 2 fully saturated rings. The van der Waals surface area contributed by atoms with E-state index in [2.05, 4.69) is 20.9 Å². The lowest BCUT2D eigenvalue weighted by Gasteiger charge is -2.29. The number of hydrogen-bond donors (Lipinski definition) is 3. The number of ether oxygens (including phenoxy) is 1. The molecule has 0 aromatic heterocycles. The van der Waals surface area contributed by atoms with Gasteiger partial charge in [0.2, 0.25) is 5.91 Å². The fourth-order valence-electron chi connectivity index (χ4n) is 4.12. The van der Waals surface area contributed by atoms with Crippen LogP contribution in [0.1, 0.15) is 18.4 Å². The minimum Gasteiger partial charge on any atom is -0.375 e. The third kappa shape index (κ3) is 3.88. The van der Waals surface area contributed by atoms with Gasteiger partial charge in [-0.2, -0.15) is 0 Å². The molecule has 5 rings (SSSR count). The van der Waals surface area contributed by atoms with Crippen molar-refractivity contribution in [1.82, 2.24) is 16.0 Å². The lowest BCUT2D eigenvalue weighted by atomic mass is 10.0.